The van der Waals surface area contributed by atoms with Gasteiger partial charge in [-0.25, -0.2) is 0 Å². The molecule has 2 amide bonds. The number of nitrogens with zero attached hydrogens (tertiary/aromatic N) is 3. The van der Waals surface area contributed by atoms with E-state index in [1.165, 1.54) is 0 Å². The van der Waals surface area contributed by atoms with Crippen LogP contribution >= 0.6 is 15.9 Å². The summed E-state index contributed by atoms with van der Waals surface area (Å²) in [5.41, 5.74) is 0.793. The average Bonchev–Trinajstić information content (AvgIpc) is 3.26. The molecule has 2 heterocycles. The highest BCUT2D eigenvalue weighted by molar-refractivity contribution is 9.10. The molecule has 148 valence electrons. The van der Waals surface area contributed by atoms with E-state index in [1.807, 2.05) is 38.1 Å². The zero-order chi connectivity index (χ0) is 19.8. The molecular formula is C20H23BrN4O3. The van der Waals surface area contributed by atoms with Gasteiger partial charge in [-0.3, -0.25) is 9.59 Å². The third-order valence-electron chi connectivity index (χ3n) is 5.25. The van der Waals surface area contributed by atoms with Crippen LogP contribution < -0.4 is 10.2 Å². The van der Waals surface area contributed by atoms with Crippen LogP contribution in [0.15, 0.2) is 33.3 Å². The summed E-state index contributed by atoms with van der Waals surface area (Å²) in [6.07, 6.45) is 2.38. The zero-order valence-electron chi connectivity index (χ0n) is 15.9. The Morgan fingerprint density at radius 2 is 2.14 bits per heavy atom. The number of benzene rings is 1. The van der Waals surface area contributed by atoms with Crippen molar-refractivity contribution in [2.75, 3.05) is 11.4 Å². The summed E-state index contributed by atoms with van der Waals surface area (Å²) in [5.74, 6) is 1.05. The predicted octanol–water partition coefficient (Wildman–Crippen LogP) is 3.58. The number of nitrogens with one attached hydrogen (secondary N) is 1. The van der Waals surface area contributed by atoms with Crippen molar-refractivity contribution in [2.24, 2.45) is 11.8 Å². The minimum Gasteiger partial charge on any atom is -0.344 e. The van der Waals surface area contributed by atoms with E-state index in [1.54, 1.807) is 4.90 Å². The van der Waals surface area contributed by atoms with E-state index in [-0.39, 0.29) is 30.2 Å². The maximum Gasteiger partial charge on any atom is 0.249 e. The summed E-state index contributed by atoms with van der Waals surface area (Å²) < 4.78 is 6.32. The molecule has 2 aromatic rings. The lowest BCUT2D eigenvalue weighted by Crippen LogP contribution is -2.37. The van der Waals surface area contributed by atoms with Crippen LogP contribution in [0.5, 0.6) is 0 Å². The van der Waals surface area contributed by atoms with Gasteiger partial charge < -0.3 is 14.7 Å². The molecule has 1 aromatic heterocycles. The summed E-state index contributed by atoms with van der Waals surface area (Å²) in [7, 11) is 0. The number of halogens is 1. The SMILES string of the molecule is CC(C)C(NC(=O)C1CC(=O)N(c2cccc(Br)c2)C1)c1nc(C2CC2)no1. The summed E-state index contributed by atoms with van der Waals surface area (Å²) in [5, 5.41) is 7.08. The van der Waals surface area contributed by atoms with Crippen LogP contribution in [0.1, 0.15) is 56.8 Å². The van der Waals surface area contributed by atoms with E-state index in [2.05, 4.69) is 31.4 Å². The van der Waals surface area contributed by atoms with Gasteiger partial charge in [0.25, 0.3) is 0 Å². The van der Waals surface area contributed by atoms with Crippen molar-refractivity contribution < 1.29 is 14.1 Å². The molecule has 7 nitrogen and oxygen atoms in total. The fourth-order valence-corrected chi connectivity index (χ4v) is 3.83. The van der Waals surface area contributed by atoms with E-state index in [0.717, 1.165) is 28.8 Å². The zero-order valence-corrected chi connectivity index (χ0v) is 17.5. The lowest BCUT2D eigenvalue weighted by atomic mass is 10.0. The number of aromatic nitrogens is 2. The number of carbonyl (C=O) groups excluding carboxylic acids is 2. The molecule has 0 radical (unpaired) electrons. The van der Waals surface area contributed by atoms with Crippen molar-refractivity contribution >= 4 is 33.4 Å². The molecule has 28 heavy (non-hydrogen) atoms. The Labute approximate surface area is 172 Å². The molecule has 1 aromatic carbocycles. The van der Waals surface area contributed by atoms with Crippen LogP contribution in [-0.4, -0.2) is 28.5 Å². The Morgan fingerprint density at radius 1 is 1.36 bits per heavy atom. The largest absolute Gasteiger partial charge is 0.344 e. The number of hydrogen-bond donors (Lipinski definition) is 1. The van der Waals surface area contributed by atoms with Gasteiger partial charge in [-0.15, -0.1) is 0 Å². The van der Waals surface area contributed by atoms with E-state index in [4.69, 9.17) is 4.52 Å². The number of rotatable bonds is 6. The van der Waals surface area contributed by atoms with Gasteiger partial charge in [0, 0.05) is 29.0 Å². The highest BCUT2D eigenvalue weighted by Crippen LogP contribution is 2.39. The number of carbonyl (C=O) groups is 2. The number of anilines is 1. The molecular weight excluding hydrogens is 424 g/mol. The Hall–Kier alpha value is -2.22. The first-order valence-electron chi connectivity index (χ1n) is 9.62. The summed E-state index contributed by atoms with van der Waals surface area (Å²) in [6.45, 7) is 4.36. The fourth-order valence-electron chi connectivity index (χ4n) is 3.44. The Balaban J connectivity index is 1.45. The van der Waals surface area contributed by atoms with Gasteiger partial charge in [0.05, 0.1) is 5.92 Å². The molecule has 1 aliphatic carbocycles. The predicted molar refractivity (Wildman–Crippen MR) is 107 cm³/mol. The minimum atomic E-state index is -0.404. The van der Waals surface area contributed by atoms with Crippen LogP contribution in [0.3, 0.4) is 0 Å². The first kappa shape index (κ1) is 19.1. The molecule has 2 atom stereocenters. The van der Waals surface area contributed by atoms with Gasteiger partial charge in [-0.2, -0.15) is 4.98 Å². The topological polar surface area (TPSA) is 88.3 Å². The van der Waals surface area contributed by atoms with Crippen molar-refractivity contribution in [3.63, 3.8) is 0 Å². The fraction of sp³-hybridized carbons (Fsp3) is 0.500. The van der Waals surface area contributed by atoms with Gasteiger partial charge in [0.1, 0.15) is 6.04 Å². The maximum absolute atomic E-state index is 12.9. The Kier molecular flexibility index (Phi) is 5.23. The number of hydrogen-bond acceptors (Lipinski definition) is 5. The van der Waals surface area contributed by atoms with Crippen LogP contribution in [0, 0.1) is 11.8 Å². The molecule has 2 aliphatic rings. The Morgan fingerprint density at radius 3 is 2.82 bits per heavy atom. The normalized spacial score (nSPS) is 20.6. The molecule has 4 rings (SSSR count). The quantitative estimate of drug-likeness (QED) is 0.732. The van der Waals surface area contributed by atoms with Crippen molar-refractivity contribution in [3.05, 3.63) is 40.5 Å². The van der Waals surface area contributed by atoms with E-state index in [0.29, 0.717) is 18.4 Å². The van der Waals surface area contributed by atoms with Crippen molar-refractivity contribution in [1.82, 2.24) is 15.5 Å². The van der Waals surface area contributed by atoms with Gasteiger partial charge in [-0.1, -0.05) is 41.0 Å². The minimum absolute atomic E-state index is 0.0480. The first-order chi connectivity index (χ1) is 13.4. The second kappa shape index (κ2) is 7.66. The lowest BCUT2D eigenvalue weighted by molar-refractivity contribution is -0.127. The van der Waals surface area contributed by atoms with Crippen molar-refractivity contribution in [1.29, 1.82) is 0 Å². The van der Waals surface area contributed by atoms with Gasteiger partial charge in [0.15, 0.2) is 5.82 Å². The molecule has 1 saturated heterocycles. The Bertz CT molecular complexity index is 893. The van der Waals surface area contributed by atoms with Crippen LogP contribution in [0.25, 0.3) is 0 Å². The van der Waals surface area contributed by atoms with Gasteiger partial charge in [-0.05, 0) is 37.0 Å². The molecule has 1 aliphatic heterocycles. The third kappa shape index (κ3) is 3.97. The summed E-state index contributed by atoms with van der Waals surface area (Å²) in [4.78, 5) is 31.5. The maximum atomic E-state index is 12.9. The molecule has 2 unspecified atom stereocenters. The van der Waals surface area contributed by atoms with Crippen molar-refractivity contribution in [2.45, 2.75) is 45.1 Å². The smallest absolute Gasteiger partial charge is 0.249 e. The first-order valence-corrected chi connectivity index (χ1v) is 10.4. The number of amides is 2. The monoisotopic (exact) mass is 446 g/mol. The van der Waals surface area contributed by atoms with E-state index in [9.17, 15) is 9.59 Å². The van der Waals surface area contributed by atoms with Crippen molar-refractivity contribution in [3.8, 4) is 0 Å². The molecule has 1 N–H and O–H groups in total. The third-order valence-corrected chi connectivity index (χ3v) is 5.74. The van der Waals surface area contributed by atoms with Gasteiger partial charge in [0.2, 0.25) is 17.7 Å². The van der Waals surface area contributed by atoms with E-state index < -0.39 is 5.92 Å². The van der Waals surface area contributed by atoms with Crippen LogP contribution in [0.4, 0.5) is 5.69 Å². The molecule has 2 fully saturated rings. The summed E-state index contributed by atoms with van der Waals surface area (Å²) in [6, 6.07) is 7.18. The van der Waals surface area contributed by atoms with E-state index >= 15 is 0 Å². The molecule has 0 bridgehead atoms. The molecule has 1 saturated carbocycles. The lowest BCUT2D eigenvalue weighted by Gasteiger charge is -2.21. The summed E-state index contributed by atoms with van der Waals surface area (Å²) >= 11 is 3.42. The van der Waals surface area contributed by atoms with Gasteiger partial charge >= 0.3 is 0 Å². The highest BCUT2D eigenvalue weighted by atomic mass is 79.9. The van der Waals surface area contributed by atoms with Crippen LogP contribution in [-0.2, 0) is 9.59 Å². The molecule has 8 heteroatoms. The average molecular weight is 447 g/mol. The standard InChI is InChI=1S/C20H23BrN4O3/c1-11(2)17(20-23-18(24-28-20)12-6-7-12)22-19(27)13-8-16(26)25(10-13)15-5-3-4-14(21)9-15/h3-5,9,11-13,17H,6-8,10H2,1-2H3,(H,22,27). The second-order valence-corrected chi connectivity index (χ2v) is 8.80. The highest BCUT2D eigenvalue weighted by Gasteiger charge is 2.37. The second-order valence-electron chi connectivity index (χ2n) is 7.88. The van der Waals surface area contributed by atoms with Crippen LogP contribution in [0.2, 0.25) is 0 Å². The molecule has 0 spiro atoms.